The fourth-order valence-electron chi connectivity index (χ4n) is 1.39. The molecule has 0 aromatic heterocycles. The largest absolute Gasteiger partial charge is 0.326 e. The summed E-state index contributed by atoms with van der Waals surface area (Å²) in [6, 6.07) is 8.47. The van der Waals surface area contributed by atoms with Crippen molar-refractivity contribution in [1.29, 1.82) is 0 Å². The number of thioether (sulfide) groups is 1. The first-order valence-corrected chi connectivity index (χ1v) is 6.78. The van der Waals surface area contributed by atoms with Gasteiger partial charge in [0.1, 0.15) is 0 Å². The fraction of sp³-hybridized carbons (Fsp3) is 0.538. The van der Waals surface area contributed by atoms with Gasteiger partial charge in [-0.05, 0) is 22.8 Å². The number of rotatable bonds is 6. The molecule has 0 fully saturated rings. The fourth-order valence-corrected chi connectivity index (χ4v) is 2.64. The first-order valence-electron chi connectivity index (χ1n) is 5.62. The SMILES string of the molecule is CCC(C)CSCc1ccccc1CN. The highest BCUT2D eigenvalue weighted by Crippen LogP contribution is 2.19. The van der Waals surface area contributed by atoms with Crippen LogP contribution in [0.1, 0.15) is 31.4 Å². The third-order valence-corrected chi connectivity index (χ3v) is 4.02. The Balaban J connectivity index is 2.43. The van der Waals surface area contributed by atoms with Crippen LogP contribution in [0, 0.1) is 5.92 Å². The van der Waals surface area contributed by atoms with Crippen LogP contribution in [0.2, 0.25) is 0 Å². The molecule has 1 aromatic rings. The lowest BCUT2D eigenvalue weighted by molar-refractivity contribution is 0.637. The normalized spacial score (nSPS) is 12.7. The van der Waals surface area contributed by atoms with Crippen molar-refractivity contribution in [1.82, 2.24) is 0 Å². The number of hydrogen-bond donors (Lipinski definition) is 1. The van der Waals surface area contributed by atoms with Gasteiger partial charge in [0.25, 0.3) is 0 Å². The van der Waals surface area contributed by atoms with Gasteiger partial charge in [-0.3, -0.25) is 0 Å². The molecule has 1 atom stereocenters. The van der Waals surface area contributed by atoms with E-state index in [1.165, 1.54) is 23.3 Å². The Morgan fingerprint density at radius 2 is 1.93 bits per heavy atom. The van der Waals surface area contributed by atoms with Crippen LogP contribution in [0.4, 0.5) is 0 Å². The maximum absolute atomic E-state index is 5.70. The zero-order chi connectivity index (χ0) is 11.1. The van der Waals surface area contributed by atoms with Gasteiger partial charge >= 0.3 is 0 Å². The Bertz CT molecular complexity index is 286. The maximum atomic E-state index is 5.70. The van der Waals surface area contributed by atoms with Gasteiger partial charge < -0.3 is 5.73 Å². The van der Waals surface area contributed by atoms with Crippen LogP contribution in [0.5, 0.6) is 0 Å². The molecule has 0 bridgehead atoms. The molecule has 1 nitrogen and oxygen atoms in total. The van der Waals surface area contributed by atoms with E-state index in [1.54, 1.807) is 0 Å². The molecule has 84 valence electrons. The maximum Gasteiger partial charge on any atom is 0.0187 e. The van der Waals surface area contributed by atoms with Crippen LogP contribution < -0.4 is 5.73 Å². The summed E-state index contributed by atoms with van der Waals surface area (Å²) in [7, 11) is 0. The van der Waals surface area contributed by atoms with E-state index in [9.17, 15) is 0 Å². The summed E-state index contributed by atoms with van der Waals surface area (Å²) in [6.45, 7) is 5.21. The lowest BCUT2D eigenvalue weighted by Gasteiger charge is -2.10. The van der Waals surface area contributed by atoms with E-state index in [-0.39, 0.29) is 0 Å². The second kappa shape index (κ2) is 6.91. The van der Waals surface area contributed by atoms with Crippen molar-refractivity contribution in [3.05, 3.63) is 35.4 Å². The molecule has 0 aliphatic carbocycles. The molecule has 0 spiro atoms. The molecule has 2 heteroatoms. The van der Waals surface area contributed by atoms with E-state index in [0.29, 0.717) is 6.54 Å². The van der Waals surface area contributed by atoms with Crippen molar-refractivity contribution in [2.45, 2.75) is 32.6 Å². The van der Waals surface area contributed by atoms with Gasteiger partial charge in [0, 0.05) is 12.3 Å². The molecule has 1 rings (SSSR count). The van der Waals surface area contributed by atoms with Gasteiger partial charge in [0.05, 0.1) is 0 Å². The number of benzene rings is 1. The number of hydrogen-bond acceptors (Lipinski definition) is 2. The Morgan fingerprint density at radius 3 is 2.53 bits per heavy atom. The standard InChI is InChI=1S/C13H21NS/c1-3-11(2)9-15-10-13-7-5-4-6-12(13)8-14/h4-7,11H,3,8-10,14H2,1-2H3. The Morgan fingerprint density at radius 1 is 1.27 bits per heavy atom. The predicted octanol–water partition coefficient (Wildman–Crippen LogP) is 3.42. The summed E-state index contributed by atoms with van der Waals surface area (Å²) >= 11 is 2.01. The molecule has 15 heavy (non-hydrogen) atoms. The van der Waals surface area contributed by atoms with E-state index in [0.717, 1.165) is 11.7 Å². The van der Waals surface area contributed by atoms with E-state index in [2.05, 4.69) is 38.1 Å². The zero-order valence-corrected chi connectivity index (χ0v) is 10.5. The molecule has 0 heterocycles. The predicted molar refractivity (Wildman–Crippen MR) is 70.0 cm³/mol. The summed E-state index contributed by atoms with van der Waals surface area (Å²) in [6.07, 6.45) is 1.27. The molecular weight excluding hydrogens is 202 g/mol. The van der Waals surface area contributed by atoms with Gasteiger partial charge in [-0.15, -0.1) is 0 Å². The molecule has 0 amide bonds. The minimum Gasteiger partial charge on any atom is -0.326 e. The van der Waals surface area contributed by atoms with Crippen molar-refractivity contribution in [3.8, 4) is 0 Å². The van der Waals surface area contributed by atoms with Crippen LogP contribution >= 0.6 is 11.8 Å². The third-order valence-electron chi connectivity index (χ3n) is 2.70. The molecule has 0 saturated heterocycles. The first kappa shape index (κ1) is 12.6. The molecule has 0 aliphatic heterocycles. The van der Waals surface area contributed by atoms with Gasteiger partial charge in [-0.2, -0.15) is 11.8 Å². The van der Waals surface area contributed by atoms with Gasteiger partial charge in [0.2, 0.25) is 0 Å². The average molecular weight is 223 g/mol. The minimum atomic E-state index is 0.653. The minimum absolute atomic E-state index is 0.653. The Labute approximate surface area is 97.4 Å². The molecule has 0 radical (unpaired) electrons. The van der Waals surface area contributed by atoms with Crippen molar-refractivity contribution in [3.63, 3.8) is 0 Å². The molecule has 0 saturated carbocycles. The Hall–Kier alpha value is -0.470. The van der Waals surface area contributed by atoms with Crippen LogP contribution in [-0.2, 0) is 12.3 Å². The second-order valence-electron chi connectivity index (χ2n) is 4.00. The van der Waals surface area contributed by atoms with Crippen molar-refractivity contribution < 1.29 is 0 Å². The summed E-state index contributed by atoms with van der Waals surface area (Å²) in [4.78, 5) is 0. The van der Waals surface area contributed by atoms with Crippen molar-refractivity contribution in [2.75, 3.05) is 5.75 Å². The average Bonchev–Trinajstić information content (AvgIpc) is 2.29. The highest BCUT2D eigenvalue weighted by atomic mass is 32.2. The van der Waals surface area contributed by atoms with Crippen molar-refractivity contribution >= 4 is 11.8 Å². The zero-order valence-electron chi connectivity index (χ0n) is 9.70. The van der Waals surface area contributed by atoms with Crippen LogP contribution in [0.15, 0.2) is 24.3 Å². The van der Waals surface area contributed by atoms with E-state index < -0.39 is 0 Å². The van der Waals surface area contributed by atoms with Crippen LogP contribution in [0.25, 0.3) is 0 Å². The van der Waals surface area contributed by atoms with Crippen LogP contribution in [-0.4, -0.2) is 5.75 Å². The monoisotopic (exact) mass is 223 g/mol. The second-order valence-corrected chi connectivity index (χ2v) is 5.03. The Kier molecular flexibility index (Phi) is 5.81. The first-order chi connectivity index (χ1) is 7.27. The summed E-state index contributed by atoms with van der Waals surface area (Å²) in [5.41, 5.74) is 8.38. The summed E-state index contributed by atoms with van der Waals surface area (Å²) in [5.74, 6) is 3.16. The smallest absolute Gasteiger partial charge is 0.0187 e. The lowest BCUT2D eigenvalue weighted by Crippen LogP contribution is -2.01. The quantitative estimate of drug-likeness (QED) is 0.799. The lowest BCUT2D eigenvalue weighted by atomic mass is 10.1. The molecule has 2 N–H and O–H groups in total. The van der Waals surface area contributed by atoms with E-state index in [4.69, 9.17) is 5.73 Å². The highest BCUT2D eigenvalue weighted by Gasteiger charge is 2.02. The van der Waals surface area contributed by atoms with Gasteiger partial charge in [-0.25, -0.2) is 0 Å². The highest BCUT2D eigenvalue weighted by molar-refractivity contribution is 7.98. The molecular formula is C13H21NS. The summed E-state index contributed by atoms with van der Waals surface area (Å²) < 4.78 is 0. The number of nitrogens with two attached hydrogens (primary N) is 1. The van der Waals surface area contributed by atoms with E-state index >= 15 is 0 Å². The molecule has 1 unspecified atom stereocenters. The van der Waals surface area contributed by atoms with Crippen molar-refractivity contribution in [2.24, 2.45) is 11.7 Å². The summed E-state index contributed by atoms with van der Waals surface area (Å²) in [5, 5.41) is 0. The van der Waals surface area contributed by atoms with Gasteiger partial charge in [-0.1, -0.05) is 44.5 Å². The third kappa shape index (κ3) is 4.27. The molecule has 1 aromatic carbocycles. The molecule has 0 aliphatic rings. The van der Waals surface area contributed by atoms with E-state index in [1.807, 2.05) is 11.8 Å². The van der Waals surface area contributed by atoms with Gasteiger partial charge in [0.15, 0.2) is 0 Å². The van der Waals surface area contributed by atoms with Crippen LogP contribution in [0.3, 0.4) is 0 Å². The topological polar surface area (TPSA) is 26.0 Å².